The minimum Gasteiger partial charge on any atom is -0.462 e. The fraction of sp³-hybridized carbons (Fsp3) is 0.250. The molecule has 1 rings (SSSR count). The van der Waals surface area contributed by atoms with E-state index in [-0.39, 0.29) is 12.2 Å². The molecule has 0 fully saturated rings. The van der Waals surface area contributed by atoms with Gasteiger partial charge in [-0.2, -0.15) is 0 Å². The van der Waals surface area contributed by atoms with Gasteiger partial charge in [-0.1, -0.05) is 0 Å². The third kappa shape index (κ3) is 2.72. The topological polar surface area (TPSA) is 82.3 Å². The van der Waals surface area contributed by atoms with E-state index < -0.39 is 16.7 Å². The summed E-state index contributed by atoms with van der Waals surface area (Å²) in [5.41, 5.74) is -0.148. The second-order valence-corrected chi connectivity index (χ2v) is 3.30. The molecule has 6 nitrogen and oxygen atoms in total. The number of ether oxygens (including phenoxy) is 1. The monoisotopic (exact) mass is 274 g/mol. The lowest BCUT2D eigenvalue weighted by Crippen LogP contribution is -2.09. The zero-order valence-corrected chi connectivity index (χ0v) is 9.35. The molecule has 0 aliphatic heterocycles. The van der Waals surface area contributed by atoms with Crippen molar-refractivity contribution in [2.75, 3.05) is 6.61 Å². The number of hydrogen-bond acceptors (Lipinski definition) is 5. The molecular weight excluding hydrogens is 268 g/mol. The summed E-state index contributed by atoms with van der Waals surface area (Å²) in [5.74, 6) is -1.26. The van der Waals surface area contributed by atoms with Crippen LogP contribution in [0.2, 0.25) is 0 Å². The zero-order chi connectivity index (χ0) is 11.4. The molecule has 0 aliphatic rings. The van der Waals surface area contributed by atoms with Crippen LogP contribution in [0.1, 0.15) is 17.3 Å². The highest BCUT2D eigenvalue weighted by Crippen LogP contribution is 2.19. The number of esters is 1. The van der Waals surface area contributed by atoms with E-state index in [1.165, 1.54) is 12.1 Å². The van der Waals surface area contributed by atoms with Crippen LogP contribution in [0.4, 0.5) is 5.82 Å². The standard InChI is InChI=1S/C8H7BrN2O4/c1-2-15-8(12)5-3-4-6(9)10-7(5)11(13)14/h3-4H,2H2,1H3. The van der Waals surface area contributed by atoms with Gasteiger partial charge in [0, 0.05) is 15.9 Å². The zero-order valence-electron chi connectivity index (χ0n) is 7.77. The van der Waals surface area contributed by atoms with E-state index in [1.807, 2.05) is 0 Å². The van der Waals surface area contributed by atoms with Crippen molar-refractivity contribution in [3.63, 3.8) is 0 Å². The molecule has 0 aromatic carbocycles. The Balaban J connectivity index is 3.17. The number of aromatic nitrogens is 1. The Morgan fingerprint density at radius 1 is 1.67 bits per heavy atom. The molecule has 0 saturated carbocycles. The van der Waals surface area contributed by atoms with Crippen molar-refractivity contribution in [1.29, 1.82) is 0 Å². The molecule has 80 valence electrons. The Morgan fingerprint density at radius 3 is 2.87 bits per heavy atom. The Bertz CT molecular complexity index is 408. The van der Waals surface area contributed by atoms with E-state index in [9.17, 15) is 14.9 Å². The van der Waals surface area contributed by atoms with Gasteiger partial charge in [-0.15, -0.1) is 0 Å². The largest absolute Gasteiger partial charge is 0.462 e. The minimum atomic E-state index is -0.746. The van der Waals surface area contributed by atoms with E-state index in [1.54, 1.807) is 6.92 Å². The van der Waals surface area contributed by atoms with Gasteiger partial charge >= 0.3 is 11.8 Å². The van der Waals surface area contributed by atoms with Crippen LogP contribution in [0.5, 0.6) is 0 Å². The van der Waals surface area contributed by atoms with Gasteiger partial charge in [0.2, 0.25) is 4.60 Å². The number of carbonyl (C=O) groups excluding carboxylic acids is 1. The summed E-state index contributed by atoms with van der Waals surface area (Å²) in [6.45, 7) is 1.78. The van der Waals surface area contributed by atoms with E-state index in [4.69, 9.17) is 0 Å². The molecule has 0 bridgehead atoms. The van der Waals surface area contributed by atoms with Crippen molar-refractivity contribution in [3.8, 4) is 0 Å². The molecular formula is C8H7BrN2O4. The van der Waals surface area contributed by atoms with Gasteiger partial charge in [0.15, 0.2) is 5.56 Å². The third-order valence-corrected chi connectivity index (χ3v) is 1.95. The first kappa shape index (κ1) is 11.6. The molecule has 1 aromatic rings. The van der Waals surface area contributed by atoms with Crippen LogP contribution in [0.25, 0.3) is 0 Å². The van der Waals surface area contributed by atoms with Crippen LogP contribution >= 0.6 is 15.9 Å². The summed E-state index contributed by atoms with van der Waals surface area (Å²) in [6.07, 6.45) is 0. The summed E-state index contributed by atoms with van der Waals surface area (Å²) in [6, 6.07) is 2.74. The maximum absolute atomic E-state index is 11.3. The van der Waals surface area contributed by atoms with E-state index in [0.717, 1.165) is 0 Å². The Labute approximate surface area is 93.5 Å². The third-order valence-electron chi connectivity index (χ3n) is 1.51. The van der Waals surface area contributed by atoms with E-state index >= 15 is 0 Å². The van der Waals surface area contributed by atoms with Crippen LogP contribution < -0.4 is 0 Å². The number of nitrogens with zero attached hydrogens (tertiary/aromatic N) is 2. The van der Waals surface area contributed by atoms with Crippen molar-refractivity contribution in [1.82, 2.24) is 4.98 Å². The van der Waals surface area contributed by atoms with E-state index in [0.29, 0.717) is 4.60 Å². The molecule has 0 aliphatic carbocycles. The summed E-state index contributed by atoms with van der Waals surface area (Å²) in [4.78, 5) is 24.8. The highest BCUT2D eigenvalue weighted by molar-refractivity contribution is 9.10. The summed E-state index contributed by atoms with van der Waals surface area (Å²) < 4.78 is 4.95. The molecule has 1 aromatic heterocycles. The van der Waals surface area contributed by atoms with Gasteiger partial charge in [0.05, 0.1) is 6.61 Å². The quantitative estimate of drug-likeness (QED) is 0.364. The smallest absolute Gasteiger partial charge is 0.379 e. The molecule has 7 heteroatoms. The van der Waals surface area contributed by atoms with E-state index in [2.05, 4.69) is 25.7 Å². The van der Waals surface area contributed by atoms with Crippen LogP contribution in [0.15, 0.2) is 16.7 Å². The summed E-state index contributed by atoms with van der Waals surface area (Å²) >= 11 is 2.99. The molecule has 0 N–H and O–H groups in total. The lowest BCUT2D eigenvalue weighted by Gasteiger charge is -2.01. The van der Waals surface area contributed by atoms with Crippen LogP contribution in [-0.2, 0) is 4.74 Å². The molecule has 0 unspecified atom stereocenters. The number of rotatable bonds is 3. The Kier molecular flexibility index (Phi) is 3.73. The molecule has 0 amide bonds. The average Bonchev–Trinajstić information content (AvgIpc) is 2.17. The van der Waals surface area contributed by atoms with Gasteiger partial charge < -0.3 is 14.9 Å². The highest BCUT2D eigenvalue weighted by Gasteiger charge is 2.23. The number of carbonyl (C=O) groups is 1. The van der Waals surface area contributed by atoms with Crippen molar-refractivity contribution >= 4 is 27.7 Å². The van der Waals surface area contributed by atoms with Crippen LogP contribution in [0, 0.1) is 10.1 Å². The summed E-state index contributed by atoms with van der Waals surface area (Å²) in [7, 11) is 0. The highest BCUT2D eigenvalue weighted by atomic mass is 79.9. The average molecular weight is 275 g/mol. The first-order chi connectivity index (χ1) is 7.06. The van der Waals surface area contributed by atoms with Crippen molar-refractivity contribution in [2.24, 2.45) is 0 Å². The first-order valence-corrected chi connectivity index (χ1v) is 4.83. The molecule has 0 saturated heterocycles. The molecule has 0 spiro atoms. The maximum Gasteiger partial charge on any atom is 0.379 e. The van der Waals surface area contributed by atoms with Gasteiger partial charge in [0.1, 0.15) is 0 Å². The summed E-state index contributed by atoms with van der Waals surface area (Å²) in [5, 5.41) is 10.6. The second-order valence-electron chi connectivity index (χ2n) is 2.48. The van der Waals surface area contributed by atoms with Crippen molar-refractivity contribution in [3.05, 3.63) is 32.4 Å². The molecule has 0 atom stereocenters. The number of halogens is 1. The Hall–Kier alpha value is -1.50. The number of hydrogen-bond donors (Lipinski definition) is 0. The van der Waals surface area contributed by atoms with Gasteiger partial charge in [-0.05, 0) is 29.0 Å². The molecule has 1 heterocycles. The van der Waals surface area contributed by atoms with Gasteiger partial charge in [-0.3, -0.25) is 0 Å². The predicted molar refractivity (Wildman–Crippen MR) is 54.5 cm³/mol. The molecule has 15 heavy (non-hydrogen) atoms. The van der Waals surface area contributed by atoms with Crippen LogP contribution in [0.3, 0.4) is 0 Å². The van der Waals surface area contributed by atoms with Crippen molar-refractivity contribution in [2.45, 2.75) is 6.92 Å². The number of nitro groups is 1. The number of pyridine rings is 1. The maximum atomic E-state index is 11.3. The lowest BCUT2D eigenvalue weighted by molar-refractivity contribution is -0.390. The predicted octanol–water partition coefficient (Wildman–Crippen LogP) is 1.93. The van der Waals surface area contributed by atoms with Gasteiger partial charge in [-0.25, -0.2) is 4.79 Å². The van der Waals surface area contributed by atoms with Crippen LogP contribution in [-0.4, -0.2) is 22.5 Å². The minimum absolute atomic E-state index is 0.148. The van der Waals surface area contributed by atoms with Gasteiger partial charge in [0.25, 0.3) is 0 Å². The van der Waals surface area contributed by atoms with Crippen molar-refractivity contribution < 1.29 is 14.5 Å². The first-order valence-electron chi connectivity index (χ1n) is 4.04. The molecule has 0 radical (unpaired) electrons. The normalized spacial score (nSPS) is 9.73. The Morgan fingerprint density at radius 2 is 2.33 bits per heavy atom. The fourth-order valence-electron chi connectivity index (χ4n) is 0.933. The SMILES string of the molecule is CCOC(=O)c1ccc(Br)nc1[N+](=O)[O-]. The second kappa shape index (κ2) is 4.83. The lowest BCUT2D eigenvalue weighted by atomic mass is 10.2. The fourth-order valence-corrected chi connectivity index (χ4v) is 1.23.